The van der Waals surface area contributed by atoms with Crippen molar-refractivity contribution in [3.05, 3.63) is 56.2 Å². The van der Waals surface area contributed by atoms with Crippen LogP contribution < -0.4 is 13.7 Å². The van der Waals surface area contributed by atoms with Crippen molar-refractivity contribution in [1.29, 1.82) is 0 Å². The van der Waals surface area contributed by atoms with Gasteiger partial charge in [-0.2, -0.15) is 0 Å². The number of nitrogens with zero attached hydrogens (tertiary/aromatic N) is 10. The fourth-order valence-corrected chi connectivity index (χ4v) is 6.89. The molecule has 0 radical (unpaired) electrons. The molecule has 0 amide bonds. The van der Waals surface area contributed by atoms with Gasteiger partial charge in [-0.1, -0.05) is 41.5 Å². The quantitative estimate of drug-likeness (QED) is 0.0997. The summed E-state index contributed by atoms with van der Waals surface area (Å²) in [6.45, 7) is 33.6. The summed E-state index contributed by atoms with van der Waals surface area (Å²) in [4.78, 5) is 10.4. The minimum atomic E-state index is 1.01. The molecular formula is C39H75N10+3. The summed E-state index contributed by atoms with van der Waals surface area (Å²) >= 11 is 0. The molecule has 10 heteroatoms. The summed E-state index contributed by atoms with van der Waals surface area (Å²) < 4.78 is 14.2. The predicted octanol–water partition coefficient (Wildman–Crippen LogP) is 4.02. The lowest BCUT2D eigenvalue weighted by atomic mass is 10.3. The summed E-state index contributed by atoms with van der Waals surface area (Å²) in [5.41, 5.74) is 0. The van der Waals surface area contributed by atoms with Gasteiger partial charge < -0.3 is 0 Å². The standard InChI is InChI=1S/C39H75N10/c1-7-13-40(14-8-2)19-25-44-31-34-47(37-44)28-22-43(23-29-48-35-32-45(38-48)26-20-41(15-9-3)16-10-4)24-30-49-36-33-46(39-49)27-21-42(17-11-5)18-12-6/h31-39H,7-30H2,1-6H3/q+3. The number of hydrogen-bond acceptors (Lipinski definition) is 4. The Balaban J connectivity index is 1.57. The Hall–Kier alpha value is -2.53. The first-order valence-corrected chi connectivity index (χ1v) is 20.0. The maximum absolute atomic E-state index is 2.65. The van der Waals surface area contributed by atoms with Crippen molar-refractivity contribution >= 4 is 0 Å². The monoisotopic (exact) mass is 684 g/mol. The van der Waals surface area contributed by atoms with E-state index in [-0.39, 0.29) is 0 Å². The number of rotatable bonds is 30. The highest BCUT2D eigenvalue weighted by atomic mass is 15.2. The molecule has 49 heavy (non-hydrogen) atoms. The van der Waals surface area contributed by atoms with Gasteiger partial charge in [0.15, 0.2) is 0 Å². The second-order valence-corrected chi connectivity index (χ2v) is 14.0. The van der Waals surface area contributed by atoms with Gasteiger partial charge in [-0.15, -0.1) is 0 Å². The van der Waals surface area contributed by atoms with Crippen molar-refractivity contribution in [2.45, 2.75) is 119 Å². The average molecular weight is 684 g/mol. The Labute approximate surface area is 300 Å². The smallest absolute Gasteiger partial charge is 0.243 e. The van der Waals surface area contributed by atoms with Gasteiger partial charge in [0.25, 0.3) is 0 Å². The Morgan fingerprint density at radius 3 is 0.837 bits per heavy atom. The molecular weight excluding hydrogens is 608 g/mol. The van der Waals surface area contributed by atoms with Gasteiger partial charge in [-0.3, -0.25) is 19.6 Å². The fraction of sp³-hybridized carbons (Fsp3) is 0.769. The highest BCUT2D eigenvalue weighted by molar-refractivity contribution is 4.71. The van der Waals surface area contributed by atoms with Crippen LogP contribution in [-0.4, -0.2) is 112 Å². The Morgan fingerprint density at radius 2 is 0.592 bits per heavy atom. The normalized spacial score (nSPS) is 12.1. The molecule has 0 atom stereocenters. The SMILES string of the molecule is CCCN(CCC)CCn1cc[n+](CCN(CC[n+]2ccn(CCN(CCC)CCC)c2)CC[n+]2ccn(CCN(CCC)CCC)c2)c1. The zero-order valence-corrected chi connectivity index (χ0v) is 32.6. The van der Waals surface area contributed by atoms with Crippen LogP contribution in [0.4, 0.5) is 0 Å². The van der Waals surface area contributed by atoms with Crippen molar-refractivity contribution < 1.29 is 13.7 Å². The van der Waals surface area contributed by atoms with E-state index in [1.807, 2.05) is 0 Å². The van der Waals surface area contributed by atoms with E-state index < -0.39 is 0 Å². The first kappa shape index (κ1) is 40.9. The molecule has 0 unspecified atom stereocenters. The summed E-state index contributed by atoms with van der Waals surface area (Å²) in [6.07, 6.45) is 27.8. The highest BCUT2D eigenvalue weighted by Crippen LogP contribution is 2.00. The van der Waals surface area contributed by atoms with Gasteiger partial charge in [0.05, 0.1) is 0 Å². The molecule has 3 heterocycles. The van der Waals surface area contributed by atoms with Crippen LogP contribution in [0.25, 0.3) is 0 Å². The molecule has 0 N–H and O–H groups in total. The van der Waals surface area contributed by atoms with E-state index in [0.29, 0.717) is 0 Å². The zero-order valence-electron chi connectivity index (χ0n) is 32.6. The van der Waals surface area contributed by atoms with Crippen LogP contribution in [0.15, 0.2) is 56.2 Å². The molecule has 10 nitrogen and oxygen atoms in total. The molecule has 3 aromatic rings. The first-order valence-electron chi connectivity index (χ1n) is 20.0. The average Bonchev–Trinajstić information content (AvgIpc) is 3.87. The number of aromatic nitrogens is 6. The van der Waals surface area contributed by atoms with Crippen LogP contribution in [0.1, 0.15) is 80.1 Å². The van der Waals surface area contributed by atoms with Gasteiger partial charge in [0, 0.05) is 39.3 Å². The van der Waals surface area contributed by atoms with Crippen molar-refractivity contribution in [1.82, 2.24) is 33.3 Å². The van der Waals surface area contributed by atoms with Gasteiger partial charge in [-0.05, 0) is 77.8 Å². The van der Waals surface area contributed by atoms with E-state index in [4.69, 9.17) is 0 Å². The van der Waals surface area contributed by atoms with Gasteiger partial charge in [-0.25, -0.2) is 27.4 Å². The van der Waals surface area contributed by atoms with Crippen LogP contribution in [0, 0.1) is 0 Å². The van der Waals surface area contributed by atoms with E-state index in [2.05, 4.69) is 145 Å². The summed E-state index contributed by atoms with van der Waals surface area (Å²) in [5, 5.41) is 0. The van der Waals surface area contributed by atoms with E-state index >= 15 is 0 Å². The summed E-state index contributed by atoms with van der Waals surface area (Å²) in [5.74, 6) is 0. The minimum absolute atomic E-state index is 1.01. The predicted molar refractivity (Wildman–Crippen MR) is 201 cm³/mol. The molecule has 278 valence electrons. The van der Waals surface area contributed by atoms with Crippen LogP contribution in [0.2, 0.25) is 0 Å². The second kappa shape index (κ2) is 24.6. The molecule has 0 saturated carbocycles. The maximum atomic E-state index is 2.65. The summed E-state index contributed by atoms with van der Waals surface area (Å²) in [6, 6.07) is 0. The van der Waals surface area contributed by atoms with Crippen molar-refractivity contribution in [3.8, 4) is 0 Å². The van der Waals surface area contributed by atoms with Crippen LogP contribution in [0.5, 0.6) is 0 Å². The topological polar surface area (TPSA) is 39.4 Å². The molecule has 0 aliphatic rings. The molecule has 3 rings (SSSR count). The largest absolute Gasteiger partial charge is 0.299 e. The number of imidazole rings is 3. The van der Waals surface area contributed by atoms with Gasteiger partial charge >= 0.3 is 0 Å². The molecule has 0 aliphatic heterocycles. The van der Waals surface area contributed by atoms with Crippen molar-refractivity contribution in [3.63, 3.8) is 0 Å². The van der Waals surface area contributed by atoms with E-state index in [1.54, 1.807) is 0 Å². The van der Waals surface area contributed by atoms with Gasteiger partial charge in [0.1, 0.15) is 76.4 Å². The fourth-order valence-electron chi connectivity index (χ4n) is 6.89. The van der Waals surface area contributed by atoms with E-state index in [0.717, 1.165) is 78.5 Å². The maximum Gasteiger partial charge on any atom is 0.243 e. The number of hydrogen-bond donors (Lipinski definition) is 0. The lowest BCUT2D eigenvalue weighted by Crippen LogP contribution is -2.47. The Morgan fingerprint density at radius 1 is 0.347 bits per heavy atom. The van der Waals surface area contributed by atoms with E-state index in [9.17, 15) is 0 Å². The van der Waals surface area contributed by atoms with Crippen LogP contribution >= 0.6 is 0 Å². The lowest BCUT2D eigenvalue weighted by molar-refractivity contribution is -0.705. The lowest BCUT2D eigenvalue weighted by Gasteiger charge is -2.20. The van der Waals surface area contributed by atoms with Gasteiger partial charge in [0.2, 0.25) is 19.0 Å². The van der Waals surface area contributed by atoms with Crippen LogP contribution in [0.3, 0.4) is 0 Å². The Bertz CT molecular complexity index is 1050. The first-order chi connectivity index (χ1) is 24.0. The summed E-state index contributed by atoms with van der Waals surface area (Å²) in [7, 11) is 0. The van der Waals surface area contributed by atoms with E-state index in [1.165, 1.54) is 77.8 Å². The molecule has 0 fully saturated rings. The molecule has 0 saturated heterocycles. The Kier molecular flexibility index (Phi) is 20.5. The third-order valence-corrected chi connectivity index (χ3v) is 9.52. The highest BCUT2D eigenvalue weighted by Gasteiger charge is 2.15. The molecule has 0 spiro atoms. The zero-order chi connectivity index (χ0) is 35.1. The van der Waals surface area contributed by atoms with Crippen molar-refractivity contribution in [2.24, 2.45) is 0 Å². The minimum Gasteiger partial charge on any atom is -0.299 e. The third kappa shape index (κ3) is 16.4. The third-order valence-electron chi connectivity index (χ3n) is 9.52. The van der Waals surface area contributed by atoms with Crippen molar-refractivity contribution in [2.75, 3.05) is 78.5 Å². The molecule has 0 aliphatic carbocycles. The molecule has 0 bridgehead atoms. The second-order valence-electron chi connectivity index (χ2n) is 14.0. The molecule has 0 aromatic carbocycles. The van der Waals surface area contributed by atoms with Crippen LogP contribution in [-0.2, 0) is 39.3 Å². The molecule has 3 aromatic heterocycles.